The molecule has 0 amide bonds. The molecule has 1 aromatic rings. The SMILES string of the molecule is CCC(CC)C(NC)c1ccc(Br)cc1OC. The lowest BCUT2D eigenvalue weighted by atomic mass is 9.88. The van der Waals surface area contributed by atoms with Crippen molar-refractivity contribution in [3.8, 4) is 5.75 Å². The van der Waals surface area contributed by atoms with Gasteiger partial charge in [0.05, 0.1) is 7.11 Å². The summed E-state index contributed by atoms with van der Waals surface area (Å²) in [5, 5.41) is 3.42. The molecular formula is C14H22BrNO. The van der Waals surface area contributed by atoms with E-state index in [1.54, 1.807) is 7.11 Å². The van der Waals surface area contributed by atoms with Crippen LogP contribution in [0, 0.1) is 5.92 Å². The molecule has 2 nitrogen and oxygen atoms in total. The van der Waals surface area contributed by atoms with Gasteiger partial charge >= 0.3 is 0 Å². The van der Waals surface area contributed by atoms with Crippen LogP contribution < -0.4 is 10.1 Å². The van der Waals surface area contributed by atoms with Crippen molar-refractivity contribution in [3.63, 3.8) is 0 Å². The fourth-order valence-electron chi connectivity index (χ4n) is 2.35. The standard InChI is InChI=1S/C14H22BrNO/c1-5-10(6-2)14(16-3)12-8-7-11(15)9-13(12)17-4/h7-10,14,16H,5-6H2,1-4H3. The molecule has 0 saturated carbocycles. The van der Waals surface area contributed by atoms with Gasteiger partial charge in [-0.25, -0.2) is 0 Å². The molecule has 0 heterocycles. The fourth-order valence-corrected chi connectivity index (χ4v) is 2.69. The van der Waals surface area contributed by atoms with E-state index >= 15 is 0 Å². The van der Waals surface area contributed by atoms with Crippen molar-refractivity contribution in [1.29, 1.82) is 0 Å². The topological polar surface area (TPSA) is 21.3 Å². The van der Waals surface area contributed by atoms with Gasteiger partial charge in [0.25, 0.3) is 0 Å². The van der Waals surface area contributed by atoms with Gasteiger partial charge in [-0.2, -0.15) is 0 Å². The van der Waals surface area contributed by atoms with E-state index in [-0.39, 0.29) is 0 Å². The van der Waals surface area contributed by atoms with Crippen molar-refractivity contribution in [3.05, 3.63) is 28.2 Å². The van der Waals surface area contributed by atoms with Crippen molar-refractivity contribution in [1.82, 2.24) is 5.32 Å². The highest BCUT2D eigenvalue weighted by Crippen LogP contribution is 2.34. The second-order valence-electron chi connectivity index (χ2n) is 4.23. The molecule has 0 aliphatic rings. The smallest absolute Gasteiger partial charge is 0.124 e. The van der Waals surface area contributed by atoms with Crippen LogP contribution >= 0.6 is 15.9 Å². The summed E-state index contributed by atoms with van der Waals surface area (Å²) in [6.45, 7) is 4.48. The van der Waals surface area contributed by atoms with E-state index in [4.69, 9.17) is 4.74 Å². The molecule has 3 heteroatoms. The summed E-state index contributed by atoms with van der Waals surface area (Å²) >= 11 is 3.48. The molecule has 96 valence electrons. The number of halogens is 1. The summed E-state index contributed by atoms with van der Waals surface area (Å²) < 4.78 is 6.53. The minimum absolute atomic E-state index is 0.355. The monoisotopic (exact) mass is 299 g/mol. The van der Waals surface area contributed by atoms with Crippen molar-refractivity contribution in [2.24, 2.45) is 5.92 Å². The van der Waals surface area contributed by atoms with E-state index < -0.39 is 0 Å². The van der Waals surface area contributed by atoms with Gasteiger partial charge in [-0.3, -0.25) is 0 Å². The maximum Gasteiger partial charge on any atom is 0.124 e. The molecule has 0 fully saturated rings. The lowest BCUT2D eigenvalue weighted by molar-refractivity contribution is 0.340. The Bertz CT molecular complexity index is 350. The molecule has 1 aromatic carbocycles. The first-order chi connectivity index (χ1) is 8.17. The molecule has 0 saturated heterocycles. The summed E-state index contributed by atoms with van der Waals surface area (Å²) in [4.78, 5) is 0. The number of rotatable bonds is 6. The van der Waals surface area contributed by atoms with Gasteiger partial charge in [-0.05, 0) is 25.1 Å². The first-order valence-corrected chi connectivity index (χ1v) is 6.97. The zero-order valence-corrected chi connectivity index (χ0v) is 12.7. The van der Waals surface area contributed by atoms with Crippen molar-refractivity contribution < 1.29 is 4.74 Å². The predicted molar refractivity (Wildman–Crippen MR) is 76.6 cm³/mol. The van der Waals surface area contributed by atoms with E-state index in [0.717, 1.165) is 10.2 Å². The molecule has 1 rings (SSSR count). The maximum absolute atomic E-state index is 5.48. The number of hydrogen-bond donors (Lipinski definition) is 1. The molecule has 0 spiro atoms. The highest BCUT2D eigenvalue weighted by molar-refractivity contribution is 9.10. The average molecular weight is 300 g/mol. The Hall–Kier alpha value is -0.540. The van der Waals surface area contributed by atoms with Crippen LogP contribution in [0.4, 0.5) is 0 Å². The Morgan fingerprint density at radius 2 is 1.94 bits per heavy atom. The zero-order chi connectivity index (χ0) is 12.8. The predicted octanol–water partition coefficient (Wildman–Crippen LogP) is 4.15. The number of nitrogens with one attached hydrogen (secondary N) is 1. The summed E-state index contributed by atoms with van der Waals surface area (Å²) in [6, 6.07) is 6.60. The van der Waals surface area contributed by atoms with Crippen LogP contribution in [0.3, 0.4) is 0 Å². The Kier molecular flexibility index (Phi) is 6.00. The number of methoxy groups -OCH3 is 1. The van der Waals surface area contributed by atoms with Gasteiger partial charge in [0.1, 0.15) is 5.75 Å². The molecule has 0 bridgehead atoms. The third-order valence-corrected chi connectivity index (χ3v) is 3.85. The minimum Gasteiger partial charge on any atom is -0.496 e. The zero-order valence-electron chi connectivity index (χ0n) is 11.1. The van der Waals surface area contributed by atoms with Gasteiger partial charge in [0.15, 0.2) is 0 Å². The molecule has 0 aliphatic carbocycles. The maximum atomic E-state index is 5.48. The van der Waals surface area contributed by atoms with Gasteiger partial charge in [-0.1, -0.05) is 48.7 Å². The lowest BCUT2D eigenvalue weighted by Crippen LogP contribution is -2.25. The Balaban J connectivity index is 3.10. The highest BCUT2D eigenvalue weighted by Gasteiger charge is 2.21. The molecule has 1 unspecified atom stereocenters. The van der Waals surface area contributed by atoms with Crippen LogP contribution in [0.15, 0.2) is 22.7 Å². The molecule has 0 aliphatic heterocycles. The van der Waals surface area contributed by atoms with E-state index in [0.29, 0.717) is 12.0 Å². The molecule has 0 aromatic heterocycles. The van der Waals surface area contributed by atoms with Crippen LogP contribution in [-0.4, -0.2) is 14.2 Å². The van der Waals surface area contributed by atoms with Crippen LogP contribution in [0.25, 0.3) is 0 Å². The van der Waals surface area contributed by atoms with Crippen molar-refractivity contribution in [2.45, 2.75) is 32.7 Å². The Morgan fingerprint density at radius 1 is 1.29 bits per heavy atom. The molecule has 1 atom stereocenters. The van der Waals surface area contributed by atoms with E-state index in [9.17, 15) is 0 Å². The van der Waals surface area contributed by atoms with E-state index in [2.05, 4.69) is 47.2 Å². The van der Waals surface area contributed by atoms with E-state index in [1.165, 1.54) is 18.4 Å². The lowest BCUT2D eigenvalue weighted by Gasteiger charge is -2.26. The second-order valence-corrected chi connectivity index (χ2v) is 5.14. The number of benzene rings is 1. The average Bonchev–Trinajstić information content (AvgIpc) is 2.36. The summed E-state index contributed by atoms with van der Waals surface area (Å²) in [5.74, 6) is 1.58. The molecule has 0 radical (unpaired) electrons. The largest absolute Gasteiger partial charge is 0.496 e. The van der Waals surface area contributed by atoms with Crippen molar-refractivity contribution >= 4 is 15.9 Å². The Labute approximate surface area is 113 Å². The van der Waals surface area contributed by atoms with Gasteiger partial charge < -0.3 is 10.1 Å². The van der Waals surface area contributed by atoms with Gasteiger partial charge in [0.2, 0.25) is 0 Å². The second kappa shape index (κ2) is 7.02. The van der Waals surface area contributed by atoms with Crippen molar-refractivity contribution in [2.75, 3.05) is 14.2 Å². The van der Waals surface area contributed by atoms with Crippen LogP contribution in [0.2, 0.25) is 0 Å². The van der Waals surface area contributed by atoms with Crippen LogP contribution in [0.1, 0.15) is 38.3 Å². The van der Waals surface area contributed by atoms with E-state index in [1.807, 2.05) is 13.1 Å². The third kappa shape index (κ3) is 3.46. The normalized spacial score (nSPS) is 12.8. The first kappa shape index (κ1) is 14.5. The molecule has 17 heavy (non-hydrogen) atoms. The summed E-state index contributed by atoms with van der Waals surface area (Å²) in [6.07, 6.45) is 2.34. The third-order valence-electron chi connectivity index (χ3n) is 3.36. The Morgan fingerprint density at radius 3 is 2.41 bits per heavy atom. The van der Waals surface area contributed by atoms with Crippen LogP contribution in [0.5, 0.6) is 5.75 Å². The van der Waals surface area contributed by atoms with Gasteiger partial charge in [0, 0.05) is 16.1 Å². The summed E-state index contributed by atoms with van der Waals surface area (Å²) in [7, 11) is 3.75. The fraction of sp³-hybridized carbons (Fsp3) is 0.571. The molecule has 1 N–H and O–H groups in total. The molecular weight excluding hydrogens is 278 g/mol. The highest BCUT2D eigenvalue weighted by atomic mass is 79.9. The van der Waals surface area contributed by atoms with Gasteiger partial charge in [-0.15, -0.1) is 0 Å². The first-order valence-electron chi connectivity index (χ1n) is 6.18. The minimum atomic E-state index is 0.355. The van der Waals surface area contributed by atoms with Crippen LogP contribution in [-0.2, 0) is 0 Å². The number of ether oxygens (including phenoxy) is 1. The quantitative estimate of drug-likeness (QED) is 0.852. The number of hydrogen-bond acceptors (Lipinski definition) is 2. The summed E-state index contributed by atoms with van der Waals surface area (Å²) in [5.41, 5.74) is 1.24.